The van der Waals surface area contributed by atoms with Gasteiger partial charge in [-0.05, 0) is 42.7 Å². The second-order valence-corrected chi connectivity index (χ2v) is 8.50. The molecule has 0 unspecified atom stereocenters. The lowest BCUT2D eigenvalue weighted by Crippen LogP contribution is -2.35. The Bertz CT molecular complexity index is 882. The molecule has 0 aliphatic carbocycles. The Balaban J connectivity index is 1.79. The van der Waals surface area contributed by atoms with Crippen molar-refractivity contribution in [2.75, 3.05) is 13.1 Å². The van der Waals surface area contributed by atoms with Crippen LogP contribution in [0.3, 0.4) is 0 Å². The van der Waals surface area contributed by atoms with Crippen LogP contribution in [0.4, 0.5) is 0 Å². The Morgan fingerprint density at radius 2 is 1.96 bits per heavy atom. The second kappa shape index (κ2) is 8.16. The number of hydrogen-bond donors (Lipinski definition) is 1. The highest BCUT2D eigenvalue weighted by Gasteiger charge is 2.27. The topological polar surface area (TPSA) is 79.4 Å². The Morgan fingerprint density at radius 1 is 1.19 bits per heavy atom. The highest BCUT2D eigenvalue weighted by atomic mass is 35.5. The van der Waals surface area contributed by atoms with Crippen LogP contribution in [-0.2, 0) is 16.6 Å². The molecule has 1 aliphatic rings. The number of benzene rings is 1. The van der Waals surface area contributed by atoms with Crippen LogP contribution < -0.4 is 5.32 Å². The van der Waals surface area contributed by atoms with E-state index in [-0.39, 0.29) is 22.0 Å². The maximum atomic E-state index is 12.8. The summed E-state index contributed by atoms with van der Waals surface area (Å²) in [6, 6.07) is 7.87. The molecule has 1 fully saturated rings. The zero-order valence-corrected chi connectivity index (χ0v) is 15.8. The van der Waals surface area contributed by atoms with Gasteiger partial charge in [-0.3, -0.25) is 9.78 Å². The lowest BCUT2D eigenvalue weighted by atomic mass is 10.2. The molecule has 2 aromatic rings. The summed E-state index contributed by atoms with van der Waals surface area (Å²) >= 11 is 6.13. The van der Waals surface area contributed by atoms with Crippen LogP contribution in [0.2, 0.25) is 5.02 Å². The molecule has 1 N–H and O–H groups in total. The molecule has 8 heteroatoms. The third-order valence-corrected chi connectivity index (χ3v) is 6.54. The third-order valence-electron chi connectivity index (χ3n) is 4.31. The number of nitrogens with zero attached hydrogens (tertiary/aromatic N) is 2. The van der Waals surface area contributed by atoms with Crippen molar-refractivity contribution in [3.05, 3.63) is 58.9 Å². The molecular weight excluding hydrogens is 374 g/mol. The Labute approximate surface area is 158 Å². The van der Waals surface area contributed by atoms with Crippen molar-refractivity contribution in [1.29, 1.82) is 0 Å². The van der Waals surface area contributed by atoms with Crippen molar-refractivity contribution in [3.63, 3.8) is 0 Å². The van der Waals surface area contributed by atoms with E-state index in [2.05, 4.69) is 10.3 Å². The van der Waals surface area contributed by atoms with E-state index in [1.807, 2.05) is 6.07 Å². The molecule has 1 amide bonds. The monoisotopic (exact) mass is 393 g/mol. The van der Waals surface area contributed by atoms with Crippen molar-refractivity contribution >= 4 is 27.5 Å². The van der Waals surface area contributed by atoms with E-state index in [4.69, 9.17) is 11.6 Å². The number of aromatic nitrogens is 1. The lowest BCUT2D eigenvalue weighted by Gasteiger charge is -2.26. The Morgan fingerprint density at radius 3 is 2.65 bits per heavy atom. The number of carbonyl (C=O) groups is 1. The number of pyridine rings is 1. The molecule has 1 aromatic carbocycles. The number of sulfonamides is 1. The minimum Gasteiger partial charge on any atom is -0.348 e. The highest BCUT2D eigenvalue weighted by Crippen LogP contribution is 2.25. The van der Waals surface area contributed by atoms with Crippen molar-refractivity contribution in [2.24, 2.45) is 0 Å². The summed E-state index contributed by atoms with van der Waals surface area (Å²) in [4.78, 5) is 16.6. The summed E-state index contributed by atoms with van der Waals surface area (Å²) in [5, 5.41) is 2.96. The van der Waals surface area contributed by atoms with E-state index >= 15 is 0 Å². The number of amides is 1. The molecule has 0 spiro atoms. The molecule has 0 bridgehead atoms. The molecule has 6 nitrogen and oxygen atoms in total. The van der Waals surface area contributed by atoms with Crippen LogP contribution in [0.1, 0.15) is 35.2 Å². The van der Waals surface area contributed by atoms with Gasteiger partial charge in [-0.2, -0.15) is 4.31 Å². The molecular formula is C18H20ClN3O3S. The second-order valence-electron chi connectivity index (χ2n) is 6.15. The molecule has 0 radical (unpaired) electrons. The molecule has 2 heterocycles. The molecule has 0 saturated carbocycles. The molecule has 0 atom stereocenters. The summed E-state index contributed by atoms with van der Waals surface area (Å²) in [7, 11) is -3.62. The number of rotatable bonds is 5. The summed E-state index contributed by atoms with van der Waals surface area (Å²) in [5.74, 6) is -0.422. The molecule has 3 rings (SSSR count). The number of halogens is 1. The average molecular weight is 394 g/mol. The van der Waals surface area contributed by atoms with E-state index in [9.17, 15) is 13.2 Å². The first-order valence-electron chi connectivity index (χ1n) is 8.45. The van der Waals surface area contributed by atoms with Gasteiger partial charge >= 0.3 is 0 Å². The minimum atomic E-state index is -3.62. The normalized spacial score (nSPS) is 15.6. The predicted octanol–water partition coefficient (Wildman–Crippen LogP) is 2.84. The first kappa shape index (κ1) is 18.8. The van der Waals surface area contributed by atoms with Gasteiger partial charge in [0.1, 0.15) is 0 Å². The first-order chi connectivity index (χ1) is 12.5. The maximum Gasteiger partial charge on any atom is 0.253 e. The van der Waals surface area contributed by atoms with Gasteiger partial charge in [-0.25, -0.2) is 8.42 Å². The van der Waals surface area contributed by atoms with E-state index < -0.39 is 15.9 Å². The van der Waals surface area contributed by atoms with Gasteiger partial charge < -0.3 is 5.32 Å². The standard InChI is InChI=1S/C18H20ClN3O3S/c19-17-7-6-15(26(24,25)22-9-2-1-3-10-22)11-16(17)18(23)21-13-14-5-4-8-20-12-14/h4-8,11-12H,1-3,9-10,13H2,(H,21,23). The van der Waals surface area contributed by atoms with Crippen molar-refractivity contribution in [2.45, 2.75) is 30.7 Å². The van der Waals surface area contributed by atoms with Crippen molar-refractivity contribution < 1.29 is 13.2 Å². The van der Waals surface area contributed by atoms with Crippen molar-refractivity contribution in [3.8, 4) is 0 Å². The molecule has 26 heavy (non-hydrogen) atoms. The van der Waals surface area contributed by atoms with Gasteiger partial charge in [-0.15, -0.1) is 0 Å². The Kier molecular flexibility index (Phi) is 5.90. The zero-order chi connectivity index (χ0) is 18.6. The summed E-state index contributed by atoms with van der Waals surface area (Å²) in [6.45, 7) is 1.30. The third kappa shape index (κ3) is 4.23. The summed E-state index contributed by atoms with van der Waals surface area (Å²) in [5.41, 5.74) is 0.989. The molecule has 138 valence electrons. The fourth-order valence-corrected chi connectivity index (χ4v) is 4.62. The highest BCUT2D eigenvalue weighted by molar-refractivity contribution is 7.89. The van der Waals surface area contributed by atoms with Gasteiger partial charge in [0.2, 0.25) is 10.0 Å². The predicted molar refractivity (Wildman–Crippen MR) is 99.5 cm³/mol. The molecule has 1 aromatic heterocycles. The van der Waals surface area contributed by atoms with Crippen LogP contribution >= 0.6 is 11.6 Å². The quantitative estimate of drug-likeness (QED) is 0.847. The van der Waals surface area contributed by atoms with Crippen LogP contribution in [0.25, 0.3) is 0 Å². The fraction of sp³-hybridized carbons (Fsp3) is 0.333. The average Bonchev–Trinajstić information content (AvgIpc) is 2.68. The zero-order valence-electron chi connectivity index (χ0n) is 14.2. The first-order valence-corrected chi connectivity index (χ1v) is 10.3. The van der Waals surface area contributed by atoms with E-state index in [0.717, 1.165) is 24.8 Å². The van der Waals surface area contributed by atoms with Crippen LogP contribution in [0, 0.1) is 0 Å². The molecule has 1 saturated heterocycles. The minimum absolute atomic E-state index is 0.0929. The van der Waals surface area contributed by atoms with Crippen LogP contribution in [-0.4, -0.2) is 36.7 Å². The number of nitrogens with one attached hydrogen (secondary N) is 1. The number of carbonyl (C=O) groups excluding carboxylic acids is 1. The van der Waals surface area contributed by atoms with Gasteiger partial charge in [0.05, 0.1) is 15.5 Å². The van der Waals surface area contributed by atoms with Gasteiger partial charge in [-0.1, -0.05) is 24.1 Å². The van der Waals surface area contributed by atoms with Crippen molar-refractivity contribution in [1.82, 2.24) is 14.6 Å². The summed E-state index contributed by atoms with van der Waals surface area (Å²) < 4.78 is 27.1. The smallest absolute Gasteiger partial charge is 0.253 e. The van der Waals surface area contributed by atoms with Gasteiger partial charge in [0.15, 0.2) is 0 Å². The largest absolute Gasteiger partial charge is 0.348 e. The van der Waals surface area contributed by atoms with Gasteiger partial charge in [0, 0.05) is 32.0 Å². The lowest BCUT2D eigenvalue weighted by molar-refractivity contribution is 0.0951. The molecule has 1 aliphatic heterocycles. The Hall–Kier alpha value is -1.96. The van der Waals surface area contributed by atoms with Gasteiger partial charge in [0.25, 0.3) is 5.91 Å². The van der Waals surface area contributed by atoms with E-state index in [0.29, 0.717) is 13.1 Å². The van der Waals surface area contributed by atoms with E-state index in [1.54, 1.807) is 18.5 Å². The van der Waals surface area contributed by atoms with Crippen LogP contribution in [0.15, 0.2) is 47.6 Å². The van der Waals surface area contributed by atoms with E-state index in [1.165, 1.54) is 22.5 Å². The maximum absolute atomic E-state index is 12.8. The number of piperidine rings is 1. The fourth-order valence-electron chi connectivity index (χ4n) is 2.87. The summed E-state index contributed by atoms with van der Waals surface area (Å²) in [6.07, 6.45) is 6.04. The number of hydrogen-bond acceptors (Lipinski definition) is 4. The van der Waals surface area contributed by atoms with Crippen LogP contribution in [0.5, 0.6) is 0 Å². The SMILES string of the molecule is O=C(NCc1cccnc1)c1cc(S(=O)(=O)N2CCCCC2)ccc1Cl.